The molecule has 0 spiro atoms. The zero-order valence-electron chi connectivity index (χ0n) is 17.5. The topological polar surface area (TPSA) is 77.0 Å². The lowest BCUT2D eigenvalue weighted by molar-refractivity contribution is -0.0494. The molecule has 0 radical (unpaired) electrons. The molecule has 0 amide bonds. The fourth-order valence-electron chi connectivity index (χ4n) is 3.91. The molecule has 7 nitrogen and oxygen atoms in total. The van der Waals surface area contributed by atoms with Crippen molar-refractivity contribution in [2.45, 2.75) is 64.0 Å². The Bertz CT molecular complexity index is 646. The molecule has 29 heavy (non-hydrogen) atoms. The van der Waals surface area contributed by atoms with E-state index in [0.29, 0.717) is 48.2 Å². The minimum atomic E-state index is -5.24. The van der Waals surface area contributed by atoms with E-state index >= 15 is 0 Å². The van der Waals surface area contributed by atoms with E-state index in [4.69, 9.17) is 4.99 Å². The molecule has 0 aromatic heterocycles. The molecule has 0 aliphatic carbocycles. The van der Waals surface area contributed by atoms with Crippen molar-refractivity contribution >= 4 is 16.0 Å². The van der Waals surface area contributed by atoms with E-state index < -0.39 is 15.5 Å². The van der Waals surface area contributed by atoms with Crippen LogP contribution in [0.25, 0.3) is 0 Å². The molecule has 0 bridgehead atoms. The predicted molar refractivity (Wildman–Crippen MR) is 108 cm³/mol. The Balaban J connectivity index is 1.90. The summed E-state index contributed by atoms with van der Waals surface area (Å²) >= 11 is 0. The standard InChI is InChI=1S/C18H34F3N5O2S/c1-4-22-17(23-12-16-6-5-9-25(16)13-14(2)3)24-15-7-10-26(11-8-15)29(27,28)18(19,20)21/h14-16H,4-13H2,1-3H3,(H2,22,23,24)/t16-/m1/s1. The van der Waals surface area contributed by atoms with Crippen LogP contribution >= 0.6 is 0 Å². The maximum atomic E-state index is 12.7. The molecule has 11 heteroatoms. The van der Waals surface area contributed by atoms with Crippen molar-refractivity contribution in [3.8, 4) is 0 Å². The summed E-state index contributed by atoms with van der Waals surface area (Å²) in [7, 11) is -5.24. The largest absolute Gasteiger partial charge is 0.511 e. The Kier molecular flexibility index (Phi) is 8.59. The summed E-state index contributed by atoms with van der Waals surface area (Å²) in [4.78, 5) is 7.17. The minimum Gasteiger partial charge on any atom is -0.357 e. The molecule has 0 aromatic carbocycles. The normalized spacial score (nSPS) is 23.7. The van der Waals surface area contributed by atoms with Crippen LogP contribution in [0.3, 0.4) is 0 Å². The number of nitrogens with zero attached hydrogens (tertiary/aromatic N) is 3. The first kappa shape index (κ1) is 24.2. The number of alkyl halides is 3. The van der Waals surface area contributed by atoms with Crippen LogP contribution in [0, 0.1) is 5.92 Å². The highest BCUT2D eigenvalue weighted by Crippen LogP contribution is 2.29. The lowest BCUT2D eigenvalue weighted by atomic mass is 10.1. The molecule has 0 saturated carbocycles. The number of aliphatic imine (C=N–C) groups is 1. The van der Waals surface area contributed by atoms with Gasteiger partial charge in [-0.15, -0.1) is 0 Å². The second-order valence-electron chi connectivity index (χ2n) is 8.17. The monoisotopic (exact) mass is 441 g/mol. The van der Waals surface area contributed by atoms with Gasteiger partial charge in [0.25, 0.3) is 0 Å². The van der Waals surface area contributed by atoms with Gasteiger partial charge in [0.15, 0.2) is 5.96 Å². The highest BCUT2D eigenvalue weighted by molar-refractivity contribution is 7.90. The average molecular weight is 442 g/mol. The van der Waals surface area contributed by atoms with Gasteiger partial charge in [-0.1, -0.05) is 13.8 Å². The van der Waals surface area contributed by atoms with Crippen LogP contribution in [0.4, 0.5) is 13.2 Å². The number of sulfonamides is 1. The second-order valence-corrected chi connectivity index (χ2v) is 10.1. The molecule has 2 N–H and O–H groups in total. The maximum absolute atomic E-state index is 12.7. The molecule has 2 heterocycles. The van der Waals surface area contributed by atoms with Crippen molar-refractivity contribution in [3.05, 3.63) is 0 Å². The third kappa shape index (κ3) is 6.71. The predicted octanol–water partition coefficient (Wildman–Crippen LogP) is 1.98. The Morgan fingerprint density at radius 2 is 1.83 bits per heavy atom. The fraction of sp³-hybridized carbons (Fsp3) is 0.944. The summed E-state index contributed by atoms with van der Waals surface area (Å²) in [5.41, 5.74) is -5.24. The molecule has 1 atom stereocenters. The van der Waals surface area contributed by atoms with E-state index in [9.17, 15) is 21.6 Å². The Hall–Kier alpha value is -1.07. The van der Waals surface area contributed by atoms with Crippen LogP contribution in [0.2, 0.25) is 0 Å². The quantitative estimate of drug-likeness (QED) is 0.467. The van der Waals surface area contributed by atoms with Crippen LogP contribution in [0.15, 0.2) is 4.99 Å². The van der Waals surface area contributed by atoms with Gasteiger partial charge in [0.2, 0.25) is 0 Å². The van der Waals surface area contributed by atoms with Crippen LogP contribution in [0.1, 0.15) is 46.5 Å². The van der Waals surface area contributed by atoms with Gasteiger partial charge in [-0.2, -0.15) is 17.5 Å². The van der Waals surface area contributed by atoms with Crippen molar-refractivity contribution in [1.82, 2.24) is 19.8 Å². The van der Waals surface area contributed by atoms with Gasteiger partial charge < -0.3 is 10.6 Å². The van der Waals surface area contributed by atoms with Crippen LogP contribution in [-0.2, 0) is 10.0 Å². The third-order valence-corrected chi connectivity index (χ3v) is 6.96. The van der Waals surface area contributed by atoms with Gasteiger partial charge in [0.05, 0.1) is 6.54 Å². The number of piperidine rings is 1. The summed E-state index contributed by atoms with van der Waals surface area (Å²) in [5, 5.41) is 6.45. The van der Waals surface area contributed by atoms with Crippen LogP contribution in [0.5, 0.6) is 0 Å². The molecule has 170 valence electrons. The molecule has 2 aliphatic heterocycles. The molecule has 0 aromatic rings. The average Bonchev–Trinajstić information content (AvgIpc) is 3.05. The van der Waals surface area contributed by atoms with Crippen LogP contribution in [-0.4, -0.2) is 80.4 Å². The number of hydrogen-bond donors (Lipinski definition) is 2. The number of likely N-dealkylation sites (tertiary alicyclic amines) is 1. The number of rotatable bonds is 7. The van der Waals surface area contributed by atoms with Crippen LogP contribution < -0.4 is 10.6 Å². The molecular formula is C18H34F3N5O2S. The van der Waals surface area contributed by atoms with Gasteiger partial charge >= 0.3 is 15.5 Å². The van der Waals surface area contributed by atoms with Gasteiger partial charge in [-0.3, -0.25) is 9.89 Å². The van der Waals surface area contributed by atoms with Crippen molar-refractivity contribution < 1.29 is 21.6 Å². The van der Waals surface area contributed by atoms with Gasteiger partial charge in [-0.25, -0.2) is 8.42 Å². The van der Waals surface area contributed by atoms with Gasteiger partial charge in [-0.05, 0) is 45.1 Å². The smallest absolute Gasteiger partial charge is 0.357 e. The van der Waals surface area contributed by atoms with E-state index in [0.717, 1.165) is 19.5 Å². The zero-order chi connectivity index (χ0) is 21.7. The Labute approximate surface area is 172 Å². The first-order chi connectivity index (χ1) is 13.5. The van der Waals surface area contributed by atoms with E-state index in [2.05, 4.69) is 29.4 Å². The van der Waals surface area contributed by atoms with E-state index in [1.54, 1.807) is 0 Å². The highest BCUT2D eigenvalue weighted by atomic mass is 32.2. The lowest BCUT2D eigenvalue weighted by Gasteiger charge is -2.32. The molecular weight excluding hydrogens is 407 g/mol. The number of hydrogen-bond acceptors (Lipinski definition) is 4. The minimum absolute atomic E-state index is 0.108. The van der Waals surface area contributed by atoms with Gasteiger partial charge in [0, 0.05) is 38.3 Å². The summed E-state index contributed by atoms with van der Waals surface area (Å²) in [6.45, 7) is 9.55. The highest BCUT2D eigenvalue weighted by Gasteiger charge is 2.50. The molecule has 2 saturated heterocycles. The molecule has 2 fully saturated rings. The zero-order valence-corrected chi connectivity index (χ0v) is 18.3. The number of nitrogens with one attached hydrogen (secondary N) is 2. The van der Waals surface area contributed by atoms with E-state index in [1.807, 2.05) is 6.92 Å². The SMILES string of the molecule is CCNC(=NC[C@H]1CCCN1CC(C)C)NC1CCN(S(=O)(=O)C(F)(F)F)CC1. The molecule has 0 unspecified atom stereocenters. The second kappa shape index (κ2) is 10.3. The first-order valence-corrected chi connectivity index (χ1v) is 11.8. The summed E-state index contributed by atoms with van der Waals surface area (Å²) in [5.74, 6) is 1.24. The third-order valence-electron chi connectivity index (χ3n) is 5.33. The van der Waals surface area contributed by atoms with Crippen molar-refractivity contribution in [2.75, 3.05) is 39.3 Å². The summed E-state index contributed by atoms with van der Waals surface area (Å²) < 4.78 is 61.7. The van der Waals surface area contributed by atoms with Crippen molar-refractivity contribution in [3.63, 3.8) is 0 Å². The number of halogens is 3. The maximum Gasteiger partial charge on any atom is 0.511 e. The summed E-state index contributed by atoms with van der Waals surface area (Å²) in [6, 6.07) is 0.300. The van der Waals surface area contributed by atoms with Crippen molar-refractivity contribution in [2.24, 2.45) is 10.9 Å². The Morgan fingerprint density at radius 1 is 1.17 bits per heavy atom. The first-order valence-electron chi connectivity index (χ1n) is 10.4. The fourth-order valence-corrected chi connectivity index (χ4v) is 4.89. The van der Waals surface area contributed by atoms with Crippen molar-refractivity contribution in [1.29, 1.82) is 0 Å². The number of guanidine groups is 1. The van der Waals surface area contributed by atoms with Gasteiger partial charge in [0.1, 0.15) is 0 Å². The Morgan fingerprint density at radius 3 is 2.38 bits per heavy atom. The molecule has 2 aliphatic rings. The summed E-state index contributed by atoms with van der Waals surface area (Å²) in [6.07, 6.45) is 2.90. The lowest BCUT2D eigenvalue weighted by Crippen LogP contribution is -2.51. The molecule has 2 rings (SSSR count). The van der Waals surface area contributed by atoms with E-state index in [-0.39, 0.29) is 19.1 Å². The van der Waals surface area contributed by atoms with E-state index in [1.165, 1.54) is 6.42 Å².